The van der Waals surface area contributed by atoms with Gasteiger partial charge in [-0.15, -0.1) is 0 Å². The summed E-state index contributed by atoms with van der Waals surface area (Å²) >= 11 is 0. The van der Waals surface area contributed by atoms with Crippen LogP contribution in [-0.4, -0.2) is 34.2 Å². The number of amides is 1. The molecular formula is C15H26N4O2. The highest BCUT2D eigenvalue weighted by molar-refractivity contribution is 5.67. The zero-order valence-corrected chi connectivity index (χ0v) is 13.6. The van der Waals surface area contributed by atoms with Gasteiger partial charge in [0.2, 0.25) is 0 Å². The normalized spacial score (nSPS) is 12.8. The first-order valence-corrected chi connectivity index (χ1v) is 7.25. The van der Waals surface area contributed by atoms with Crippen LogP contribution in [0.25, 0.3) is 0 Å². The summed E-state index contributed by atoms with van der Waals surface area (Å²) in [5.74, 6) is 0.772. The Balaban J connectivity index is 2.19. The van der Waals surface area contributed by atoms with Gasteiger partial charge in [0, 0.05) is 18.8 Å². The maximum atomic E-state index is 11.6. The Labute approximate surface area is 126 Å². The topological polar surface area (TPSA) is 76.1 Å². The molecule has 1 aromatic heterocycles. The fraction of sp³-hybridized carbons (Fsp3) is 0.667. The van der Waals surface area contributed by atoms with Gasteiger partial charge in [-0.25, -0.2) is 14.8 Å². The lowest BCUT2D eigenvalue weighted by molar-refractivity contribution is 0.0506. The highest BCUT2D eigenvalue weighted by atomic mass is 16.6. The van der Waals surface area contributed by atoms with Crippen molar-refractivity contribution < 1.29 is 9.53 Å². The number of aromatic nitrogens is 2. The largest absolute Gasteiger partial charge is 0.444 e. The second kappa shape index (κ2) is 7.93. The van der Waals surface area contributed by atoms with Gasteiger partial charge in [-0.05, 0) is 53.7 Å². The summed E-state index contributed by atoms with van der Waals surface area (Å²) in [6.07, 6.45) is 2.21. The van der Waals surface area contributed by atoms with Gasteiger partial charge in [-0.1, -0.05) is 0 Å². The summed E-state index contributed by atoms with van der Waals surface area (Å²) in [7, 11) is 0. The number of ether oxygens (including phenoxy) is 1. The molecule has 0 aliphatic carbocycles. The maximum Gasteiger partial charge on any atom is 0.407 e. The van der Waals surface area contributed by atoms with Crippen LogP contribution in [0, 0.1) is 6.92 Å². The van der Waals surface area contributed by atoms with Crippen LogP contribution < -0.4 is 10.6 Å². The predicted molar refractivity (Wildman–Crippen MR) is 81.9 cm³/mol. The van der Waals surface area contributed by atoms with Gasteiger partial charge in [0.1, 0.15) is 11.4 Å². The van der Waals surface area contributed by atoms with Gasteiger partial charge < -0.3 is 15.4 Å². The van der Waals surface area contributed by atoms with Crippen LogP contribution in [0.4, 0.5) is 4.79 Å². The number of hydrogen-bond donors (Lipinski definition) is 2. The molecule has 0 saturated carbocycles. The summed E-state index contributed by atoms with van der Waals surface area (Å²) < 4.78 is 5.21. The fourth-order valence-electron chi connectivity index (χ4n) is 1.72. The number of aryl methyl sites for hydroxylation is 1. The minimum Gasteiger partial charge on any atom is -0.444 e. The van der Waals surface area contributed by atoms with Crippen molar-refractivity contribution in [3.8, 4) is 0 Å². The molecular weight excluding hydrogens is 268 g/mol. The van der Waals surface area contributed by atoms with Crippen LogP contribution in [0.3, 0.4) is 0 Å². The predicted octanol–water partition coefficient (Wildman–Crippen LogP) is 2.18. The van der Waals surface area contributed by atoms with Crippen molar-refractivity contribution in [2.24, 2.45) is 0 Å². The van der Waals surface area contributed by atoms with E-state index in [0.29, 0.717) is 6.54 Å². The minimum absolute atomic E-state index is 0.0551. The Morgan fingerprint density at radius 2 is 2.14 bits per heavy atom. The van der Waals surface area contributed by atoms with E-state index in [1.165, 1.54) is 0 Å². The van der Waals surface area contributed by atoms with E-state index < -0.39 is 5.60 Å². The van der Waals surface area contributed by atoms with E-state index in [2.05, 4.69) is 20.6 Å². The van der Waals surface area contributed by atoms with E-state index in [9.17, 15) is 4.79 Å². The highest BCUT2D eigenvalue weighted by Crippen LogP contribution is 2.07. The Morgan fingerprint density at radius 3 is 2.76 bits per heavy atom. The lowest BCUT2D eigenvalue weighted by atomic mass is 10.2. The number of hydrogen-bond acceptors (Lipinski definition) is 5. The van der Waals surface area contributed by atoms with E-state index in [1.54, 1.807) is 6.20 Å². The van der Waals surface area contributed by atoms with E-state index in [0.717, 1.165) is 24.5 Å². The van der Waals surface area contributed by atoms with Gasteiger partial charge in [0.05, 0.1) is 5.69 Å². The van der Waals surface area contributed by atoms with Crippen LogP contribution in [0.1, 0.15) is 45.6 Å². The SMILES string of the molecule is Cc1nccc(CNCCC(C)NC(=O)OC(C)(C)C)n1. The smallest absolute Gasteiger partial charge is 0.407 e. The number of carbonyl (C=O) groups is 1. The van der Waals surface area contributed by atoms with Gasteiger partial charge in [0.25, 0.3) is 0 Å². The monoisotopic (exact) mass is 294 g/mol. The summed E-state index contributed by atoms with van der Waals surface area (Å²) in [6.45, 7) is 10.9. The summed E-state index contributed by atoms with van der Waals surface area (Å²) in [4.78, 5) is 20.0. The maximum absolute atomic E-state index is 11.6. The quantitative estimate of drug-likeness (QED) is 0.786. The molecule has 1 unspecified atom stereocenters. The number of nitrogens with one attached hydrogen (secondary N) is 2. The third-order valence-corrected chi connectivity index (χ3v) is 2.66. The summed E-state index contributed by atoms with van der Waals surface area (Å²) in [5, 5.41) is 6.12. The molecule has 1 heterocycles. The minimum atomic E-state index is -0.465. The first-order valence-electron chi connectivity index (χ1n) is 7.25. The molecule has 0 radical (unpaired) electrons. The Kier molecular flexibility index (Phi) is 6.55. The Bertz CT molecular complexity index is 457. The van der Waals surface area contributed by atoms with E-state index in [4.69, 9.17) is 4.74 Å². The third-order valence-electron chi connectivity index (χ3n) is 2.66. The van der Waals surface area contributed by atoms with E-state index in [-0.39, 0.29) is 12.1 Å². The molecule has 1 aromatic rings. The van der Waals surface area contributed by atoms with Gasteiger partial charge in [0.15, 0.2) is 0 Å². The van der Waals surface area contributed by atoms with Crippen molar-refractivity contribution in [2.75, 3.05) is 6.54 Å². The molecule has 118 valence electrons. The van der Waals surface area contributed by atoms with Crippen molar-refractivity contribution in [1.29, 1.82) is 0 Å². The Morgan fingerprint density at radius 1 is 1.43 bits per heavy atom. The van der Waals surface area contributed by atoms with Gasteiger partial charge in [-0.2, -0.15) is 0 Å². The lowest BCUT2D eigenvalue weighted by Gasteiger charge is -2.22. The van der Waals surface area contributed by atoms with E-state index >= 15 is 0 Å². The number of rotatable bonds is 6. The lowest BCUT2D eigenvalue weighted by Crippen LogP contribution is -2.38. The van der Waals surface area contributed by atoms with Crippen LogP contribution in [0.5, 0.6) is 0 Å². The number of nitrogens with zero attached hydrogens (tertiary/aromatic N) is 2. The molecule has 21 heavy (non-hydrogen) atoms. The molecule has 2 N–H and O–H groups in total. The molecule has 1 rings (SSSR count). The van der Waals surface area contributed by atoms with Crippen LogP contribution in [0.2, 0.25) is 0 Å². The molecule has 6 heteroatoms. The van der Waals surface area contributed by atoms with Crippen LogP contribution >= 0.6 is 0 Å². The average molecular weight is 294 g/mol. The van der Waals surface area contributed by atoms with Crippen LogP contribution in [-0.2, 0) is 11.3 Å². The summed E-state index contributed by atoms with van der Waals surface area (Å²) in [5.41, 5.74) is 0.502. The summed E-state index contributed by atoms with van der Waals surface area (Å²) in [6, 6.07) is 1.95. The highest BCUT2D eigenvalue weighted by Gasteiger charge is 2.17. The second-order valence-corrected chi connectivity index (χ2v) is 6.11. The molecule has 0 aliphatic rings. The van der Waals surface area contributed by atoms with Crippen LogP contribution in [0.15, 0.2) is 12.3 Å². The van der Waals surface area contributed by atoms with Gasteiger partial charge in [-0.3, -0.25) is 0 Å². The molecule has 0 saturated heterocycles. The average Bonchev–Trinajstić information content (AvgIpc) is 2.32. The van der Waals surface area contributed by atoms with Crippen molar-refractivity contribution in [2.45, 2.75) is 59.2 Å². The molecule has 0 aromatic carbocycles. The van der Waals surface area contributed by atoms with Crippen molar-refractivity contribution in [3.05, 3.63) is 23.8 Å². The molecule has 0 spiro atoms. The number of carbonyl (C=O) groups excluding carboxylic acids is 1. The zero-order chi connectivity index (χ0) is 15.9. The number of alkyl carbamates (subject to hydrolysis) is 1. The Hall–Kier alpha value is -1.69. The first-order chi connectivity index (χ1) is 9.76. The first kappa shape index (κ1) is 17.4. The third kappa shape index (κ3) is 8.24. The molecule has 0 bridgehead atoms. The zero-order valence-electron chi connectivity index (χ0n) is 13.6. The second-order valence-electron chi connectivity index (χ2n) is 6.11. The fourth-order valence-corrected chi connectivity index (χ4v) is 1.72. The molecule has 1 amide bonds. The molecule has 6 nitrogen and oxygen atoms in total. The molecule has 0 aliphatic heterocycles. The van der Waals surface area contributed by atoms with Crippen molar-refractivity contribution in [3.63, 3.8) is 0 Å². The molecule has 0 fully saturated rings. The standard InChI is InChI=1S/C15H26N4O2/c1-11(18-14(20)21-15(3,4)5)6-8-16-10-13-7-9-17-12(2)19-13/h7,9,11,16H,6,8,10H2,1-5H3,(H,18,20). The van der Waals surface area contributed by atoms with E-state index in [1.807, 2.05) is 40.7 Å². The van der Waals surface area contributed by atoms with Crippen molar-refractivity contribution in [1.82, 2.24) is 20.6 Å². The van der Waals surface area contributed by atoms with Crippen molar-refractivity contribution >= 4 is 6.09 Å². The van der Waals surface area contributed by atoms with Gasteiger partial charge >= 0.3 is 6.09 Å². The molecule has 1 atom stereocenters.